The second-order valence-corrected chi connectivity index (χ2v) is 5.55. The number of rotatable bonds is 4. The maximum absolute atomic E-state index is 13.1. The summed E-state index contributed by atoms with van der Waals surface area (Å²) in [4.78, 5) is 0. The van der Waals surface area contributed by atoms with Crippen LogP contribution in [-0.4, -0.2) is 17.3 Å². The van der Waals surface area contributed by atoms with E-state index in [1.807, 2.05) is 0 Å². The average Bonchev–Trinajstić information content (AvgIpc) is 2.47. The van der Waals surface area contributed by atoms with Gasteiger partial charge in [-0.1, -0.05) is 37.5 Å². The average molecular weight is 302 g/mol. The Kier molecular flexibility index (Phi) is 4.94. The number of aliphatic hydroxyl groups is 1. The Hall–Kier alpha value is -1.07. The standard InChI is InChI=1S/C16H21F3O2/c1-2-21-15(10-6-3-7-11-15)14(20)12-8-4-5-9-13(12)16(17,18)19/h4-5,8-9,14,20H,2-3,6-7,10-11H2,1H3. The van der Waals surface area contributed by atoms with Crippen molar-refractivity contribution in [1.29, 1.82) is 0 Å². The van der Waals surface area contributed by atoms with E-state index in [-0.39, 0.29) is 5.56 Å². The van der Waals surface area contributed by atoms with Crippen LogP contribution in [0.25, 0.3) is 0 Å². The molecule has 0 aliphatic heterocycles. The van der Waals surface area contributed by atoms with Gasteiger partial charge < -0.3 is 9.84 Å². The van der Waals surface area contributed by atoms with Gasteiger partial charge in [-0.05, 0) is 31.4 Å². The minimum Gasteiger partial charge on any atom is -0.385 e. The van der Waals surface area contributed by atoms with Crippen molar-refractivity contribution >= 4 is 0 Å². The molecule has 0 spiro atoms. The predicted molar refractivity (Wildman–Crippen MR) is 73.8 cm³/mol. The van der Waals surface area contributed by atoms with Gasteiger partial charge in [0.25, 0.3) is 0 Å². The molecule has 0 bridgehead atoms. The smallest absolute Gasteiger partial charge is 0.385 e. The molecule has 0 heterocycles. The van der Waals surface area contributed by atoms with Crippen LogP contribution in [0.3, 0.4) is 0 Å². The molecule has 1 aromatic rings. The van der Waals surface area contributed by atoms with Crippen LogP contribution in [0, 0.1) is 0 Å². The lowest BCUT2D eigenvalue weighted by Crippen LogP contribution is -2.42. The second-order valence-electron chi connectivity index (χ2n) is 5.55. The molecule has 5 heteroatoms. The number of aliphatic hydroxyl groups excluding tert-OH is 1. The molecule has 118 valence electrons. The lowest BCUT2D eigenvalue weighted by Gasteiger charge is -2.41. The van der Waals surface area contributed by atoms with Crippen molar-refractivity contribution in [2.75, 3.05) is 6.61 Å². The van der Waals surface area contributed by atoms with Crippen LogP contribution in [0.2, 0.25) is 0 Å². The van der Waals surface area contributed by atoms with E-state index in [9.17, 15) is 18.3 Å². The number of halogens is 3. The van der Waals surface area contributed by atoms with Crippen LogP contribution in [0.5, 0.6) is 0 Å². The van der Waals surface area contributed by atoms with Gasteiger partial charge in [0.15, 0.2) is 0 Å². The highest BCUT2D eigenvalue weighted by Gasteiger charge is 2.44. The molecular formula is C16H21F3O2. The quantitative estimate of drug-likeness (QED) is 0.888. The summed E-state index contributed by atoms with van der Waals surface area (Å²) in [6, 6.07) is 5.23. The van der Waals surface area contributed by atoms with Gasteiger partial charge in [0.2, 0.25) is 0 Å². The van der Waals surface area contributed by atoms with Gasteiger partial charge in [0, 0.05) is 6.61 Å². The third-order valence-corrected chi connectivity index (χ3v) is 4.19. The Morgan fingerprint density at radius 1 is 1.19 bits per heavy atom. The highest BCUT2D eigenvalue weighted by atomic mass is 19.4. The van der Waals surface area contributed by atoms with Crippen LogP contribution < -0.4 is 0 Å². The number of ether oxygens (including phenoxy) is 1. The third-order valence-electron chi connectivity index (χ3n) is 4.19. The van der Waals surface area contributed by atoms with E-state index in [0.29, 0.717) is 19.4 Å². The van der Waals surface area contributed by atoms with Crippen molar-refractivity contribution in [3.8, 4) is 0 Å². The molecular weight excluding hydrogens is 281 g/mol. The first-order valence-electron chi connectivity index (χ1n) is 7.39. The SMILES string of the molecule is CCOC1(C(O)c2ccccc2C(F)(F)F)CCCCC1. The molecule has 1 aliphatic carbocycles. The number of benzene rings is 1. The molecule has 0 saturated heterocycles. The van der Waals surface area contributed by atoms with Gasteiger partial charge in [-0.3, -0.25) is 0 Å². The van der Waals surface area contributed by atoms with Crippen LogP contribution >= 0.6 is 0 Å². The summed E-state index contributed by atoms with van der Waals surface area (Å²) in [5, 5.41) is 10.6. The lowest BCUT2D eigenvalue weighted by molar-refractivity contribution is -0.154. The first-order valence-corrected chi connectivity index (χ1v) is 7.39. The number of alkyl halides is 3. The van der Waals surface area contributed by atoms with Gasteiger partial charge in [-0.25, -0.2) is 0 Å². The zero-order chi connectivity index (χ0) is 15.5. The highest BCUT2D eigenvalue weighted by molar-refractivity contribution is 5.33. The summed E-state index contributed by atoms with van der Waals surface area (Å²) in [5.41, 5.74) is -1.75. The number of hydrogen-bond donors (Lipinski definition) is 1. The fraction of sp³-hybridized carbons (Fsp3) is 0.625. The molecule has 1 N–H and O–H groups in total. The van der Waals surface area contributed by atoms with E-state index in [0.717, 1.165) is 25.3 Å². The van der Waals surface area contributed by atoms with E-state index in [2.05, 4.69) is 0 Å². The van der Waals surface area contributed by atoms with Crippen molar-refractivity contribution in [3.63, 3.8) is 0 Å². The summed E-state index contributed by atoms with van der Waals surface area (Å²) < 4.78 is 45.1. The monoisotopic (exact) mass is 302 g/mol. The molecule has 1 saturated carbocycles. The Bertz CT molecular complexity index is 459. The summed E-state index contributed by atoms with van der Waals surface area (Å²) in [6.07, 6.45) is -1.78. The topological polar surface area (TPSA) is 29.5 Å². The molecule has 0 radical (unpaired) electrons. The van der Waals surface area contributed by atoms with Crippen molar-refractivity contribution < 1.29 is 23.0 Å². The Labute approximate surface area is 122 Å². The minimum absolute atomic E-state index is 0.0830. The van der Waals surface area contributed by atoms with Crippen LogP contribution in [-0.2, 0) is 10.9 Å². The maximum Gasteiger partial charge on any atom is 0.416 e. The van der Waals surface area contributed by atoms with E-state index in [4.69, 9.17) is 4.74 Å². The molecule has 0 amide bonds. The maximum atomic E-state index is 13.1. The third kappa shape index (κ3) is 3.40. The molecule has 1 atom stereocenters. The molecule has 1 aliphatic rings. The normalized spacial score (nSPS) is 20.2. The van der Waals surface area contributed by atoms with E-state index in [1.165, 1.54) is 18.2 Å². The fourth-order valence-corrected chi connectivity index (χ4v) is 3.21. The van der Waals surface area contributed by atoms with Crippen LogP contribution in [0.4, 0.5) is 13.2 Å². The molecule has 2 nitrogen and oxygen atoms in total. The predicted octanol–water partition coefficient (Wildman–Crippen LogP) is 4.48. The van der Waals surface area contributed by atoms with Gasteiger partial charge in [-0.15, -0.1) is 0 Å². The Balaban J connectivity index is 2.39. The zero-order valence-electron chi connectivity index (χ0n) is 12.1. The largest absolute Gasteiger partial charge is 0.416 e. The molecule has 0 aromatic heterocycles. The van der Waals surface area contributed by atoms with Crippen LogP contribution in [0.1, 0.15) is 56.3 Å². The number of hydrogen-bond acceptors (Lipinski definition) is 2. The zero-order valence-corrected chi connectivity index (χ0v) is 12.1. The van der Waals surface area contributed by atoms with E-state index >= 15 is 0 Å². The summed E-state index contributed by atoms with van der Waals surface area (Å²) in [6.45, 7) is 2.18. The molecule has 21 heavy (non-hydrogen) atoms. The van der Waals surface area contributed by atoms with Crippen molar-refractivity contribution in [2.24, 2.45) is 0 Å². The Morgan fingerprint density at radius 2 is 1.81 bits per heavy atom. The summed E-state index contributed by atoms with van der Waals surface area (Å²) >= 11 is 0. The summed E-state index contributed by atoms with van der Waals surface area (Å²) in [5.74, 6) is 0. The van der Waals surface area contributed by atoms with Gasteiger partial charge in [-0.2, -0.15) is 13.2 Å². The van der Waals surface area contributed by atoms with Gasteiger partial charge in [0.1, 0.15) is 6.10 Å². The molecule has 1 unspecified atom stereocenters. The first-order chi connectivity index (χ1) is 9.91. The van der Waals surface area contributed by atoms with Crippen LogP contribution in [0.15, 0.2) is 24.3 Å². The van der Waals surface area contributed by atoms with E-state index in [1.54, 1.807) is 6.92 Å². The fourth-order valence-electron chi connectivity index (χ4n) is 3.21. The Morgan fingerprint density at radius 3 is 2.38 bits per heavy atom. The minimum atomic E-state index is -4.47. The van der Waals surface area contributed by atoms with Crippen molar-refractivity contribution in [1.82, 2.24) is 0 Å². The van der Waals surface area contributed by atoms with E-state index < -0.39 is 23.4 Å². The molecule has 1 fully saturated rings. The van der Waals surface area contributed by atoms with Gasteiger partial charge >= 0.3 is 6.18 Å². The second kappa shape index (κ2) is 6.36. The van der Waals surface area contributed by atoms with Gasteiger partial charge in [0.05, 0.1) is 11.2 Å². The first kappa shape index (κ1) is 16.3. The van der Waals surface area contributed by atoms with Crippen molar-refractivity contribution in [3.05, 3.63) is 35.4 Å². The summed E-state index contributed by atoms with van der Waals surface area (Å²) in [7, 11) is 0. The van der Waals surface area contributed by atoms with Crippen molar-refractivity contribution in [2.45, 2.75) is 56.9 Å². The highest BCUT2D eigenvalue weighted by Crippen LogP contribution is 2.44. The molecule has 1 aromatic carbocycles. The molecule has 2 rings (SSSR count). The lowest BCUT2D eigenvalue weighted by atomic mass is 9.77.